The number of nitrogens with zero attached hydrogens (tertiary/aromatic N) is 1. The molecule has 0 unspecified atom stereocenters. The van der Waals surface area contributed by atoms with Crippen LogP contribution in [-0.2, 0) is 4.79 Å². The first-order valence-corrected chi connectivity index (χ1v) is 12.7. The van der Waals surface area contributed by atoms with E-state index in [-0.39, 0.29) is 12.4 Å². The molecule has 3 rings (SSSR count). The van der Waals surface area contributed by atoms with E-state index in [1.165, 1.54) is 13.3 Å². The number of hydrazone groups is 1. The van der Waals surface area contributed by atoms with E-state index in [0.717, 1.165) is 8.95 Å². The molecule has 0 saturated heterocycles. The monoisotopic (exact) mass is 716 g/mol. The van der Waals surface area contributed by atoms with Gasteiger partial charge in [0, 0.05) is 8.95 Å². The number of hydrogen-bond acceptors (Lipinski definition) is 6. The van der Waals surface area contributed by atoms with Crippen molar-refractivity contribution in [3.8, 4) is 17.2 Å². The van der Waals surface area contributed by atoms with E-state index >= 15 is 0 Å². The summed E-state index contributed by atoms with van der Waals surface area (Å²) in [4.78, 5) is 24.4. The molecule has 1 amide bonds. The van der Waals surface area contributed by atoms with Crippen molar-refractivity contribution in [1.82, 2.24) is 5.43 Å². The molecule has 0 spiro atoms. The van der Waals surface area contributed by atoms with Gasteiger partial charge < -0.3 is 14.2 Å². The highest BCUT2D eigenvalue weighted by Crippen LogP contribution is 2.36. The lowest BCUT2D eigenvalue weighted by Crippen LogP contribution is -2.24. The Morgan fingerprint density at radius 2 is 1.59 bits per heavy atom. The number of nitrogens with one attached hydrogen (secondary N) is 1. The third kappa shape index (κ3) is 7.39. The fourth-order valence-electron chi connectivity index (χ4n) is 2.61. The Bertz CT molecular complexity index is 1210. The average Bonchev–Trinajstić information content (AvgIpc) is 2.79. The topological polar surface area (TPSA) is 86.2 Å². The smallest absolute Gasteiger partial charge is 0.343 e. The average molecular weight is 720 g/mol. The number of esters is 1. The van der Waals surface area contributed by atoms with Crippen LogP contribution in [0.3, 0.4) is 0 Å². The van der Waals surface area contributed by atoms with Gasteiger partial charge in [0.25, 0.3) is 5.91 Å². The van der Waals surface area contributed by atoms with E-state index < -0.39 is 11.9 Å². The Morgan fingerprint density at radius 3 is 2.24 bits per heavy atom. The number of amides is 1. The molecule has 0 atom stereocenters. The second kappa shape index (κ2) is 12.5. The van der Waals surface area contributed by atoms with E-state index in [2.05, 4.69) is 74.2 Å². The van der Waals surface area contributed by atoms with Crippen LogP contribution < -0.4 is 19.6 Å². The van der Waals surface area contributed by atoms with E-state index in [1.807, 2.05) is 12.1 Å². The maximum Gasteiger partial charge on any atom is 0.343 e. The maximum atomic E-state index is 12.4. The van der Waals surface area contributed by atoms with Crippen molar-refractivity contribution in [3.05, 3.63) is 83.6 Å². The molecule has 3 aromatic rings. The molecule has 0 fully saturated rings. The Labute approximate surface area is 229 Å². The van der Waals surface area contributed by atoms with Crippen LogP contribution in [0.25, 0.3) is 0 Å². The van der Waals surface area contributed by atoms with Crippen LogP contribution >= 0.6 is 63.7 Å². The summed E-state index contributed by atoms with van der Waals surface area (Å²) in [5, 5.41) is 3.93. The van der Waals surface area contributed by atoms with Crippen molar-refractivity contribution in [3.63, 3.8) is 0 Å². The number of benzene rings is 3. The van der Waals surface area contributed by atoms with Gasteiger partial charge in [0.05, 0.1) is 27.8 Å². The highest BCUT2D eigenvalue weighted by atomic mass is 79.9. The van der Waals surface area contributed by atoms with Crippen molar-refractivity contribution in [2.75, 3.05) is 13.7 Å². The fourth-order valence-corrected chi connectivity index (χ4v) is 5.36. The summed E-state index contributed by atoms with van der Waals surface area (Å²) in [5.41, 5.74) is 3.43. The van der Waals surface area contributed by atoms with Crippen molar-refractivity contribution in [2.24, 2.45) is 5.10 Å². The first-order chi connectivity index (χ1) is 16.3. The number of carbonyl (C=O) groups excluding carboxylic acids is 2. The van der Waals surface area contributed by atoms with Gasteiger partial charge in [-0.15, -0.1) is 0 Å². The number of halogens is 4. The Hall–Kier alpha value is -2.21. The molecule has 176 valence electrons. The van der Waals surface area contributed by atoms with Gasteiger partial charge in [0.15, 0.2) is 18.1 Å². The van der Waals surface area contributed by atoms with Gasteiger partial charge in [-0.1, -0.05) is 31.9 Å². The molecule has 34 heavy (non-hydrogen) atoms. The molecule has 7 nitrogen and oxygen atoms in total. The van der Waals surface area contributed by atoms with E-state index in [0.29, 0.717) is 31.6 Å². The minimum Gasteiger partial charge on any atom is -0.493 e. The highest BCUT2D eigenvalue weighted by Gasteiger charge is 2.13. The predicted molar refractivity (Wildman–Crippen MR) is 143 cm³/mol. The molecule has 0 saturated carbocycles. The normalized spacial score (nSPS) is 10.7. The molecule has 11 heteroatoms. The molecule has 0 bridgehead atoms. The van der Waals surface area contributed by atoms with Crippen LogP contribution in [0.2, 0.25) is 0 Å². The largest absolute Gasteiger partial charge is 0.493 e. The van der Waals surface area contributed by atoms with Crippen molar-refractivity contribution < 1.29 is 23.8 Å². The molecule has 0 heterocycles. The summed E-state index contributed by atoms with van der Waals surface area (Å²) >= 11 is 13.5. The SMILES string of the molecule is COc1cc(/C=N/NC(=O)COc2c(Br)cc(Br)cc2Br)ccc1OC(=O)c1ccc(Br)cc1. The number of hydrogen-bond donors (Lipinski definition) is 1. The Balaban J connectivity index is 1.58. The number of rotatable bonds is 8. The first kappa shape index (κ1) is 26.4. The highest BCUT2D eigenvalue weighted by molar-refractivity contribution is 9.11. The number of methoxy groups -OCH3 is 1. The van der Waals surface area contributed by atoms with Gasteiger partial charge in [-0.3, -0.25) is 4.79 Å². The quantitative estimate of drug-likeness (QED) is 0.125. The van der Waals surface area contributed by atoms with Crippen LogP contribution in [0.5, 0.6) is 17.2 Å². The van der Waals surface area contributed by atoms with Crippen molar-refractivity contribution >= 4 is 81.8 Å². The van der Waals surface area contributed by atoms with E-state index in [9.17, 15) is 9.59 Å². The summed E-state index contributed by atoms with van der Waals surface area (Å²) in [6.45, 7) is -0.232. The molecule has 0 radical (unpaired) electrons. The van der Waals surface area contributed by atoms with Gasteiger partial charge in [0.1, 0.15) is 5.75 Å². The lowest BCUT2D eigenvalue weighted by molar-refractivity contribution is -0.123. The summed E-state index contributed by atoms with van der Waals surface area (Å²) in [5.74, 6) is 0.151. The zero-order valence-electron chi connectivity index (χ0n) is 17.5. The second-order valence-corrected chi connectivity index (χ2v) is 10.1. The van der Waals surface area contributed by atoms with Crippen molar-refractivity contribution in [2.45, 2.75) is 0 Å². The molecule has 0 aliphatic heterocycles. The molecule has 1 N–H and O–H groups in total. The molecule has 0 aromatic heterocycles. The van der Waals surface area contributed by atoms with Crippen LogP contribution in [0.15, 0.2) is 77.6 Å². The fraction of sp³-hybridized carbons (Fsp3) is 0.0870. The van der Waals surface area contributed by atoms with Gasteiger partial charge >= 0.3 is 5.97 Å². The summed E-state index contributed by atoms with van der Waals surface area (Å²) in [6.07, 6.45) is 1.44. The standard InChI is InChI=1S/C23H16Br4N2O5/c1-32-20-8-13(2-7-19(20)34-23(31)14-3-5-15(24)6-4-14)11-28-29-21(30)12-33-22-17(26)9-16(25)10-18(22)27/h2-11H,12H2,1H3,(H,29,30)/b28-11+. The minimum absolute atomic E-state index is 0.232. The van der Waals surface area contributed by atoms with Gasteiger partial charge in [-0.25, -0.2) is 10.2 Å². The summed E-state index contributed by atoms with van der Waals surface area (Å²) < 4.78 is 19.4. The van der Waals surface area contributed by atoms with Crippen molar-refractivity contribution in [1.29, 1.82) is 0 Å². The third-order valence-corrected chi connectivity index (χ3v) is 6.35. The van der Waals surface area contributed by atoms with Crippen LogP contribution in [0.4, 0.5) is 0 Å². The van der Waals surface area contributed by atoms with Crippen LogP contribution in [0.1, 0.15) is 15.9 Å². The zero-order chi connectivity index (χ0) is 24.7. The van der Waals surface area contributed by atoms with E-state index in [4.69, 9.17) is 14.2 Å². The van der Waals surface area contributed by atoms with E-state index in [1.54, 1.807) is 42.5 Å². The molecular weight excluding hydrogens is 704 g/mol. The van der Waals surface area contributed by atoms with Gasteiger partial charge in [-0.05, 0) is 92.0 Å². The zero-order valence-corrected chi connectivity index (χ0v) is 23.8. The molecule has 0 aliphatic carbocycles. The lowest BCUT2D eigenvalue weighted by Gasteiger charge is -2.10. The summed E-state index contributed by atoms with van der Waals surface area (Å²) in [7, 11) is 1.46. The van der Waals surface area contributed by atoms with Crippen LogP contribution in [-0.4, -0.2) is 31.8 Å². The Kier molecular flexibility index (Phi) is 9.69. The van der Waals surface area contributed by atoms with Crippen LogP contribution in [0, 0.1) is 0 Å². The lowest BCUT2D eigenvalue weighted by atomic mass is 10.2. The third-order valence-electron chi connectivity index (χ3n) is 4.18. The minimum atomic E-state index is -0.511. The number of ether oxygens (including phenoxy) is 3. The second-order valence-electron chi connectivity index (χ2n) is 6.59. The summed E-state index contributed by atoms with van der Waals surface area (Å²) in [6, 6.07) is 15.3. The Morgan fingerprint density at radius 1 is 0.912 bits per heavy atom. The number of carbonyl (C=O) groups is 2. The molecule has 3 aromatic carbocycles. The predicted octanol–water partition coefficient (Wildman–Crippen LogP) is 6.49. The van der Waals surface area contributed by atoms with Gasteiger partial charge in [0.2, 0.25) is 0 Å². The maximum absolute atomic E-state index is 12.4. The van der Waals surface area contributed by atoms with Gasteiger partial charge in [-0.2, -0.15) is 5.10 Å². The molecular formula is C23H16Br4N2O5. The first-order valence-electron chi connectivity index (χ1n) is 9.52. The molecule has 0 aliphatic rings.